The van der Waals surface area contributed by atoms with Crippen molar-refractivity contribution in [1.29, 1.82) is 0 Å². The van der Waals surface area contributed by atoms with Gasteiger partial charge in [0.1, 0.15) is 0 Å². The van der Waals surface area contributed by atoms with Crippen molar-refractivity contribution in [2.75, 3.05) is 0 Å². The lowest BCUT2D eigenvalue weighted by Gasteiger charge is -2.35. The second kappa shape index (κ2) is 16.0. The molecular formula is C60H42S2Si2. The standard InChI is InChI=1S/C60H42S2Si2/c1-5-23-45(24-6-1)63(46-25-7-2-8-26-46,57-39-19-35-53-51-33-13-15-37-55(51)61-59(53)57)49-31-17-21-43(41-49)44-22-18-32-50(42-44)64(47-27-9-3-10-28-47,48-29-11-4-12-30-48)58-40-20-36-54-52-34-14-16-38-56(52)62-60(54)58/h1-42H. The van der Waals surface area contributed by atoms with Crippen LogP contribution in [-0.4, -0.2) is 16.1 Å². The van der Waals surface area contributed by atoms with Gasteiger partial charge in [0.2, 0.25) is 0 Å². The lowest BCUT2D eigenvalue weighted by Crippen LogP contribution is -2.75. The average Bonchev–Trinajstić information content (AvgIpc) is 3.96. The fraction of sp³-hybridized carbons (Fsp3) is 0. The Bertz CT molecular complexity index is 3290. The normalized spacial score (nSPS) is 12.1. The Kier molecular flexibility index (Phi) is 9.69. The molecule has 0 saturated heterocycles. The molecule has 0 saturated carbocycles. The second-order valence-corrected chi connectivity index (χ2v) is 26.3. The van der Waals surface area contributed by atoms with Gasteiger partial charge in [0.25, 0.3) is 0 Å². The first-order valence-electron chi connectivity index (χ1n) is 22.0. The van der Waals surface area contributed by atoms with E-state index in [1.165, 1.54) is 93.0 Å². The van der Waals surface area contributed by atoms with E-state index in [1.807, 2.05) is 22.7 Å². The maximum absolute atomic E-state index is 2.93. The van der Waals surface area contributed by atoms with Crippen LogP contribution >= 0.6 is 22.7 Å². The van der Waals surface area contributed by atoms with Gasteiger partial charge >= 0.3 is 0 Å². The molecule has 0 fully saturated rings. The third-order valence-electron chi connectivity index (χ3n) is 13.4. The summed E-state index contributed by atoms with van der Waals surface area (Å²) in [7, 11) is -5.85. The van der Waals surface area contributed by atoms with E-state index in [1.54, 1.807) is 0 Å². The minimum Gasteiger partial charge on any atom is -0.135 e. The summed E-state index contributed by atoms with van der Waals surface area (Å²) < 4.78 is 5.42. The van der Waals surface area contributed by atoms with Crippen molar-refractivity contribution < 1.29 is 0 Å². The van der Waals surface area contributed by atoms with E-state index in [-0.39, 0.29) is 0 Å². The molecule has 0 radical (unpaired) electrons. The Morgan fingerprint density at radius 2 is 0.531 bits per heavy atom. The topological polar surface area (TPSA) is 0 Å². The highest BCUT2D eigenvalue weighted by Crippen LogP contribution is 2.35. The number of thiophene rings is 2. The molecular weight excluding hydrogens is 841 g/mol. The number of hydrogen-bond acceptors (Lipinski definition) is 2. The van der Waals surface area contributed by atoms with Gasteiger partial charge in [-0.3, -0.25) is 0 Å². The molecule has 0 nitrogen and oxygen atoms in total. The van der Waals surface area contributed by atoms with Crippen LogP contribution in [0, 0.1) is 0 Å². The second-order valence-electron chi connectivity index (χ2n) is 16.7. The van der Waals surface area contributed by atoms with Crippen molar-refractivity contribution in [3.8, 4) is 11.1 Å². The van der Waals surface area contributed by atoms with Crippen LogP contribution in [-0.2, 0) is 0 Å². The maximum Gasteiger partial charge on any atom is 0.181 e. The van der Waals surface area contributed by atoms with Crippen molar-refractivity contribution in [2.45, 2.75) is 0 Å². The number of benzene rings is 10. The first kappa shape index (κ1) is 38.7. The lowest BCUT2D eigenvalue weighted by atomic mass is 10.1. The van der Waals surface area contributed by atoms with Crippen LogP contribution in [0.1, 0.15) is 0 Å². The number of hydrogen-bond donors (Lipinski definition) is 0. The zero-order valence-electron chi connectivity index (χ0n) is 35.1. The molecule has 0 bridgehead atoms. The van der Waals surface area contributed by atoms with Crippen molar-refractivity contribution in [3.05, 3.63) is 255 Å². The van der Waals surface area contributed by atoms with Crippen LogP contribution in [0.4, 0.5) is 0 Å². The average molecular weight is 883 g/mol. The van der Waals surface area contributed by atoms with Crippen molar-refractivity contribution >= 4 is 121 Å². The predicted octanol–water partition coefficient (Wildman–Crippen LogP) is 10.8. The summed E-state index contributed by atoms with van der Waals surface area (Å²) in [6, 6.07) is 96.7. The van der Waals surface area contributed by atoms with Crippen molar-refractivity contribution in [2.24, 2.45) is 0 Å². The van der Waals surface area contributed by atoms with E-state index in [0.717, 1.165) is 0 Å². The molecule has 12 rings (SSSR count). The third kappa shape index (κ3) is 6.06. The van der Waals surface area contributed by atoms with Crippen LogP contribution in [0.3, 0.4) is 0 Å². The smallest absolute Gasteiger partial charge is 0.135 e. The Labute approximate surface area is 384 Å². The fourth-order valence-corrected chi connectivity index (χ4v) is 23.8. The van der Waals surface area contributed by atoms with E-state index in [0.29, 0.717) is 0 Å². The first-order chi connectivity index (χ1) is 31.7. The number of fused-ring (bicyclic) bond motifs is 6. The highest BCUT2D eigenvalue weighted by molar-refractivity contribution is 7.31. The number of rotatable bonds is 9. The summed E-state index contributed by atoms with van der Waals surface area (Å²) in [6.07, 6.45) is 0. The first-order valence-corrected chi connectivity index (χ1v) is 27.6. The van der Waals surface area contributed by atoms with Crippen LogP contribution in [0.2, 0.25) is 0 Å². The van der Waals surface area contributed by atoms with Gasteiger partial charge in [-0.25, -0.2) is 0 Å². The van der Waals surface area contributed by atoms with Gasteiger partial charge in [0.15, 0.2) is 16.1 Å². The SMILES string of the molecule is c1ccc([Si](c2ccccc2)(c2cccc(-c3cccc([Si](c4ccccc4)(c4ccccc4)c4cccc5c4sc4ccccc45)c3)c2)c2cccc3c2sc2ccccc23)cc1. The molecule has 0 atom stereocenters. The zero-order chi connectivity index (χ0) is 42.5. The molecule has 0 N–H and O–H groups in total. The van der Waals surface area contributed by atoms with E-state index >= 15 is 0 Å². The maximum atomic E-state index is 2.54. The van der Waals surface area contributed by atoms with Crippen LogP contribution in [0.5, 0.6) is 0 Å². The quantitative estimate of drug-likeness (QED) is 0.100. The van der Waals surface area contributed by atoms with Crippen LogP contribution in [0.25, 0.3) is 51.5 Å². The molecule has 0 aliphatic heterocycles. The summed E-state index contributed by atoms with van der Waals surface area (Å²) >= 11 is 3.88. The monoisotopic (exact) mass is 882 g/mol. The van der Waals surface area contributed by atoms with Gasteiger partial charge in [-0.15, -0.1) is 22.7 Å². The molecule has 12 aromatic rings. The lowest BCUT2D eigenvalue weighted by molar-refractivity contribution is 1.63. The molecule has 4 heteroatoms. The van der Waals surface area contributed by atoms with Crippen molar-refractivity contribution in [3.63, 3.8) is 0 Å². The highest BCUT2D eigenvalue weighted by atomic mass is 32.1. The molecule has 0 amide bonds. The summed E-state index contributed by atoms with van der Waals surface area (Å²) in [5, 5.41) is 16.5. The van der Waals surface area contributed by atoms with Crippen molar-refractivity contribution in [1.82, 2.24) is 0 Å². The summed E-state index contributed by atoms with van der Waals surface area (Å²) in [5.41, 5.74) is 2.46. The van der Waals surface area contributed by atoms with E-state index in [9.17, 15) is 0 Å². The summed E-state index contributed by atoms with van der Waals surface area (Å²) in [5.74, 6) is 0. The minimum absolute atomic E-state index is 1.23. The summed E-state index contributed by atoms with van der Waals surface area (Å²) in [6.45, 7) is 0. The van der Waals surface area contributed by atoms with Gasteiger partial charge in [-0.05, 0) is 64.8 Å². The fourth-order valence-electron chi connectivity index (χ4n) is 10.6. The Hall–Kier alpha value is -6.93. The zero-order valence-corrected chi connectivity index (χ0v) is 38.7. The molecule has 0 unspecified atom stereocenters. The Morgan fingerprint density at radius 3 is 0.906 bits per heavy atom. The van der Waals surface area contributed by atoms with Gasteiger partial charge in [-0.1, -0.05) is 243 Å². The van der Waals surface area contributed by atoms with E-state index < -0.39 is 16.1 Å². The van der Waals surface area contributed by atoms with Crippen LogP contribution in [0.15, 0.2) is 255 Å². The largest absolute Gasteiger partial charge is 0.181 e. The minimum atomic E-state index is -2.93. The Balaban J connectivity index is 1.13. The predicted molar refractivity (Wildman–Crippen MR) is 285 cm³/mol. The molecule has 2 heterocycles. The summed E-state index contributed by atoms with van der Waals surface area (Å²) in [4.78, 5) is 0. The molecule has 2 aromatic heterocycles. The van der Waals surface area contributed by atoms with E-state index in [4.69, 9.17) is 0 Å². The van der Waals surface area contributed by atoms with Gasteiger partial charge in [0, 0.05) is 40.3 Å². The highest BCUT2D eigenvalue weighted by Gasteiger charge is 2.45. The molecule has 0 aliphatic carbocycles. The molecule has 10 aromatic carbocycles. The molecule has 0 spiro atoms. The third-order valence-corrected chi connectivity index (χ3v) is 25.8. The molecule has 0 aliphatic rings. The molecule has 64 heavy (non-hydrogen) atoms. The van der Waals surface area contributed by atoms with Gasteiger partial charge in [-0.2, -0.15) is 0 Å². The van der Waals surface area contributed by atoms with Gasteiger partial charge in [0.05, 0.1) is 0 Å². The van der Waals surface area contributed by atoms with Gasteiger partial charge < -0.3 is 0 Å². The molecule has 302 valence electrons. The van der Waals surface area contributed by atoms with Crippen LogP contribution < -0.4 is 41.5 Å². The Morgan fingerprint density at radius 1 is 0.234 bits per heavy atom. The van der Waals surface area contributed by atoms with E-state index in [2.05, 4.69) is 255 Å².